The van der Waals surface area contributed by atoms with E-state index in [0.29, 0.717) is 23.5 Å². The quantitative estimate of drug-likeness (QED) is 0.605. The maximum Gasteiger partial charge on any atom is 0.257 e. The van der Waals surface area contributed by atoms with E-state index < -0.39 is 15.2 Å². The van der Waals surface area contributed by atoms with Crippen molar-refractivity contribution in [1.82, 2.24) is 9.88 Å². The number of hydrogen-bond donors (Lipinski definition) is 2. The van der Waals surface area contributed by atoms with Crippen molar-refractivity contribution < 1.29 is 13.2 Å². The van der Waals surface area contributed by atoms with E-state index in [1.807, 2.05) is 0 Å². The fraction of sp³-hybridized carbons (Fsp3) is 0.500. The molecule has 1 fully saturated rings. The molecule has 2 heterocycles. The zero-order chi connectivity index (χ0) is 15.5. The van der Waals surface area contributed by atoms with Crippen molar-refractivity contribution in [3.05, 3.63) is 24.0 Å². The topological polar surface area (TPSA) is 105 Å². The van der Waals surface area contributed by atoms with Crippen LogP contribution in [0.15, 0.2) is 18.5 Å². The summed E-state index contributed by atoms with van der Waals surface area (Å²) < 4.78 is 24.4. The molecule has 116 valence electrons. The lowest BCUT2D eigenvalue weighted by Gasteiger charge is -2.35. The van der Waals surface area contributed by atoms with Crippen molar-refractivity contribution in [3.8, 4) is 0 Å². The van der Waals surface area contributed by atoms with Crippen LogP contribution < -0.4 is 11.3 Å². The summed E-state index contributed by atoms with van der Waals surface area (Å²) in [6.07, 6.45) is 2.92. The molecule has 9 heteroatoms. The van der Waals surface area contributed by atoms with Crippen LogP contribution in [-0.2, 0) is 9.84 Å². The normalized spacial score (nSPS) is 19.3. The van der Waals surface area contributed by atoms with Gasteiger partial charge >= 0.3 is 0 Å². The van der Waals surface area contributed by atoms with Gasteiger partial charge in [0.05, 0.1) is 17.4 Å². The minimum absolute atomic E-state index is 0.0142. The first kappa shape index (κ1) is 16.1. The molecule has 1 aliphatic rings. The minimum Gasteiger partial charge on any atom is -0.322 e. The number of hydrazine groups is 1. The molecule has 7 nitrogen and oxygen atoms in total. The molecule has 0 radical (unpaired) electrons. The van der Waals surface area contributed by atoms with Gasteiger partial charge in [-0.15, -0.1) is 0 Å². The number of thioether (sulfide) groups is 1. The Labute approximate surface area is 128 Å². The molecular formula is C12H18N4O3S2. The number of rotatable bonds is 4. The van der Waals surface area contributed by atoms with Gasteiger partial charge in [-0.05, 0) is 6.07 Å². The summed E-state index contributed by atoms with van der Waals surface area (Å²) in [5.41, 5.74) is 3.13. The number of aromatic nitrogens is 1. The number of hydrogen-bond acceptors (Lipinski definition) is 7. The molecular weight excluding hydrogens is 312 g/mol. The summed E-state index contributed by atoms with van der Waals surface area (Å²) in [5, 5.41) is -0.785. The summed E-state index contributed by atoms with van der Waals surface area (Å²) in [6.45, 7) is 2.00. The summed E-state index contributed by atoms with van der Waals surface area (Å²) >= 11 is 1.55. The van der Waals surface area contributed by atoms with E-state index in [1.54, 1.807) is 18.7 Å². The van der Waals surface area contributed by atoms with Crippen LogP contribution in [0.4, 0.5) is 5.69 Å². The molecule has 0 bridgehead atoms. The van der Waals surface area contributed by atoms with Gasteiger partial charge in [-0.1, -0.05) is 6.92 Å². The Morgan fingerprint density at radius 2 is 2.38 bits per heavy atom. The van der Waals surface area contributed by atoms with Crippen molar-refractivity contribution in [2.45, 2.75) is 12.3 Å². The van der Waals surface area contributed by atoms with E-state index >= 15 is 0 Å². The second-order valence-corrected chi connectivity index (χ2v) is 8.14. The molecule has 0 saturated carbocycles. The molecule has 1 amide bonds. The lowest BCUT2D eigenvalue weighted by molar-refractivity contribution is 0.0750. The predicted octanol–water partition coefficient (Wildman–Crippen LogP) is 0.317. The van der Waals surface area contributed by atoms with E-state index in [1.165, 1.54) is 23.4 Å². The van der Waals surface area contributed by atoms with Crippen LogP contribution in [0.1, 0.15) is 17.3 Å². The summed E-state index contributed by atoms with van der Waals surface area (Å²) in [4.78, 5) is 18.0. The van der Waals surface area contributed by atoms with Crippen molar-refractivity contribution in [2.24, 2.45) is 5.84 Å². The Morgan fingerprint density at radius 3 is 3.05 bits per heavy atom. The second-order valence-electron chi connectivity index (χ2n) is 4.55. The highest BCUT2D eigenvalue weighted by molar-refractivity contribution is 8.01. The summed E-state index contributed by atoms with van der Waals surface area (Å²) in [6, 6.07) is 1.54. The Kier molecular flexibility index (Phi) is 5.07. The first-order valence-corrected chi connectivity index (χ1v) is 9.39. The molecule has 21 heavy (non-hydrogen) atoms. The van der Waals surface area contributed by atoms with Crippen LogP contribution in [-0.4, -0.2) is 53.4 Å². The Hall–Kier alpha value is -1.32. The zero-order valence-corrected chi connectivity index (χ0v) is 13.3. The van der Waals surface area contributed by atoms with Crippen LogP contribution in [0.2, 0.25) is 0 Å². The fourth-order valence-corrected chi connectivity index (χ4v) is 5.12. The van der Waals surface area contributed by atoms with Crippen LogP contribution in [0.5, 0.6) is 0 Å². The number of nitrogens with zero attached hydrogens (tertiary/aromatic N) is 2. The number of nitrogens with two attached hydrogens (primary N) is 1. The van der Waals surface area contributed by atoms with E-state index in [4.69, 9.17) is 5.84 Å². The summed E-state index contributed by atoms with van der Waals surface area (Å²) in [7, 11) is -3.33. The third-order valence-corrected chi connectivity index (χ3v) is 6.66. The lowest BCUT2D eigenvalue weighted by Crippen LogP contribution is -2.50. The van der Waals surface area contributed by atoms with E-state index in [0.717, 1.165) is 5.75 Å². The molecule has 3 N–H and O–H groups in total. The molecule has 1 aromatic heterocycles. The zero-order valence-electron chi connectivity index (χ0n) is 11.7. The number of nitrogen functional groups attached to an aromatic ring is 1. The Bertz CT molecular complexity index is 621. The molecule has 1 atom stereocenters. The third kappa shape index (κ3) is 3.30. The number of sulfone groups is 1. The highest BCUT2D eigenvalue weighted by Gasteiger charge is 2.36. The van der Waals surface area contributed by atoms with Gasteiger partial charge in [-0.25, -0.2) is 8.42 Å². The fourth-order valence-electron chi connectivity index (χ4n) is 2.15. The third-order valence-electron chi connectivity index (χ3n) is 3.37. The molecule has 0 spiro atoms. The predicted molar refractivity (Wildman–Crippen MR) is 83.7 cm³/mol. The first-order chi connectivity index (χ1) is 10.0. The largest absolute Gasteiger partial charge is 0.322 e. The lowest BCUT2D eigenvalue weighted by atomic mass is 10.2. The van der Waals surface area contributed by atoms with Crippen molar-refractivity contribution in [3.63, 3.8) is 0 Å². The van der Waals surface area contributed by atoms with Crippen LogP contribution in [0.25, 0.3) is 0 Å². The number of carbonyl (C=O) groups excluding carboxylic acids is 1. The van der Waals surface area contributed by atoms with Gasteiger partial charge < -0.3 is 10.3 Å². The van der Waals surface area contributed by atoms with Crippen molar-refractivity contribution >= 4 is 33.2 Å². The average Bonchev–Trinajstić information content (AvgIpc) is 2.54. The van der Waals surface area contributed by atoms with Crippen molar-refractivity contribution in [1.29, 1.82) is 0 Å². The number of pyridine rings is 1. The van der Waals surface area contributed by atoms with E-state index in [9.17, 15) is 13.2 Å². The highest BCUT2D eigenvalue weighted by Crippen LogP contribution is 2.25. The highest BCUT2D eigenvalue weighted by atomic mass is 32.2. The van der Waals surface area contributed by atoms with E-state index in [2.05, 4.69) is 10.4 Å². The van der Waals surface area contributed by atoms with Crippen LogP contribution in [0.3, 0.4) is 0 Å². The van der Waals surface area contributed by atoms with E-state index in [-0.39, 0.29) is 11.7 Å². The van der Waals surface area contributed by atoms with Crippen LogP contribution in [0, 0.1) is 0 Å². The number of nitrogens with one attached hydrogen (secondary N) is 1. The number of carbonyl (C=O) groups is 1. The first-order valence-electron chi connectivity index (χ1n) is 6.52. The van der Waals surface area contributed by atoms with Gasteiger partial charge in [0.25, 0.3) is 5.91 Å². The van der Waals surface area contributed by atoms with Gasteiger partial charge in [0.1, 0.15) is 5.37 Å². The summed E-state index contributed by atoms with van der Waals surface area (Å²) in [5.74, 6) is 6.18. The van der Waals surface area contributed by atoms with Gasteiger partial charge in [0, 0.05) is 30.0 Å². The molecule has 0 aliphatic carbocycles. The van der Waals surface area contributed by atoms with Crippen molar-refractivity contribution in [2.75, 3.05) is 29.2 Å². The SMILES string of the molecule is CCS(=O)(=O)C1CSCCN1C(=O)c1ccncc1NN. The molecule has 2 rings (SSSR count). The molecule has 1 aromatic rings. The van der Waals surface area contributed by atoms with Gasteiger partial charge in [0.2, 0.25) is 0 Å². The number of anilines is 1. The maximum atomic E-state index is 12.7. The maximum absolute atomic E-state index is 12.7. The van der Waals surface area contributed by atoms with Crippen LogP contribution >= 0.6 is 11.8 Å². The second kappa shape index (κ2) is 6.63. The Balaban J connectivity index is 2.35. The molecule has 1 saturated heterocycles. The average molecular weight is 330 g/mol. The Morgan fingerprint density at radius 1 is 1.62 bits per heavy atom. The number of amides is 1. The van der Waals surface area contributed by atoms with Gasteiger partial charge in [0.15, 0.2) is 9.84 Å². The molecule has 1 aliphatic heterocycles. The van der Waals surface area contributed by atoms with Gasteiger partial charge in [-0.3, -0.25) is 15.6 Å². The minimum atomic E-state index is -3.33. The standard InChI is InChI=1S/C12H18N4O3S2/c1-2-21(18,19)11-8-20-6-5-16(11)12(17)9-3-4-14-7-10(9)15-13/h3-4,7,11,15H,2,5-6,8,13H2,1H3. The molecule has 1 unspecified atom stereocenters. The smallest absolute Gasteiger partial charge is 0.257 e. The van der Waals surface area contributed by atoms with Gasteiger partial charge in [-0.2, -0.15) is 11.8 Å². The monoisotopic (exact) mass is 330 g/mol. The molecule has 0 aromatic carbocycles.